The second-order valence-electron chi connectivity index (χ2n) is 8.96. The van der Waals surface area contributed by atoms with E-state index in [4.69, 9.17) is 36.3 Å². The Morgan fingerprint density at radius 2 is 1.63 bits per heavy atom. The molecule has 0 bridgehead atoms. The normalized spacial score (nSPS) is 10.8. The van der Waals surface area contributed by atoms with Crippen LogP contribution in [-0.4, -0.2) is 36.8 Å². The number of fused-ring (bicyclic) bond motifs is 1. The molecule has 2 heterocycles. The third-order valence-corrected chi connectivity index (χ3v) is 6.90. The number of benzene rings is 3. The van der Waals surface area contributed by atoms with E-state index in [0.29, 0.717) is 50.5 Å². The maximum atomic E-state index is 14.2. The first-order valence-corrected chi connectivity index (χ1v) is 12.9. The van der Waals surface area contributed by atoms with Crippen LogP contribution in [0.25, 0.3) is 27.6 Å². The Labute approximate surface area is 240 Å². The second-order valence-corrected chi connectivity index (χ2v) is 9.34. The highest BCUT2D eigenvalue weighted by molar-refractivity contribution is 6.33. The van der Waals surface area contributed by atoms with Gasteiger partial charge in [-0.2, -0.15) is 0 Å². The first kappa shape index (κ1) is 27.5. The monoisotopic (exact) mass is 571 g/mol. The first-order chi connectivity index (χ1) is 19.9. The highest BCUT2D eigenvalue weighted by Crippen LogP contribution is 2.42. The number of nitrogens with two attached hydrogens (primary N) is 1. The summed E-state index contributed by atoms with van der Waals surface area (Å²) < 4.78 is 23.5. The molecule has 0 aliphatic heterocycles. The smallest absolute Gasteiger partial charge is 0.355 e. The average Bonchev–Trinajstić information content (AvgIpc) is 3.01. The van der Waals surface area contributed by atoms with Crippen molar-refractivity contribution in [3.63, 3.8) is 0 Å². The Hall–Kier alpha value is -5.02. The Morgan fingerprint density at radius 1 is 0.927 bits per heavy atom. The van der Waals surface area contributed by atoms with Gasteiger partial charge < -0.3 is 24.7 Å². The van der Waals surface area contributed by atoms with Gasteiger partial charge in [-0.3, -0.25) is 14.3 Å². The van der Waals surface area contributed by atoms with Crippen LogP contribution >= 0.6 is 11.6 Å². The molecule has 0 aliphatic carbocycles. The highest BCUT2D eigenvalue weighted by atomic mass is 35.5. The predicted molar refractivity (Wildman–Crippen MR) is 157 cm³/mol. The summed E-state index contributed by atoms with van der Waals surface area (Å²) in [5.74, 6) is 0.377. The van der Waals surface area contributed by atoms with Crippen molar-refractivity contribution in [1.29, 1.82) is 0 Å². The number of hydrogen-bond acceptors (Lipinski definition) is 8. The van der Waals surface area contributed by atoms with Crippen LogP contribution in [0.15, 0.2) is 83.8 Å². The first-order valence-electron chi connectivity index (χ1n) is 12.5. The Bertz CT molecular complexity index is 1780. The van der Waals surface area contributed by atoms with E-state index >= 15 is 0 Å². The maximum Gasteiger partial charge on any atom is 0.355 e. The van der Waals surface area contributed by atoms with Gasteiger partial charge in [0, 0.05) is 23.1 Å². The molecule has 0 radical (unpaired) electrons. The van der Waals surface area contributed by atoms with Gasteiger partial charge in [0.2, 0.25) is 0 Å². The van der Waals surface area contributed by atoms with Crippen molar-refractivity contribution in [3.05, 3.63) is 106 Å². The van der Waals surface area contributed by atoms with Crippen molar-refractivity contribution in [3.8, 4) is 34.1 Å². The van der Waals surface area contributed by atoms with Gasteiger partial charge in [0.1, 0.15) is 34.6 Å². The SMILES string of the molecule is COC(=O)c1c(-c2cc(OC)c(Cl)c(OC)c2)c2ccc(OCc3ccccn3)cc2c(=O)n1-c1ccc(N)cc1. The van der Waals surface area contributed by atoms with Gasteiger partial charge in [-0.15, -0.1) is 0 Å². The lowest BCUT2D eigenvalue weighted by Gasteiger charge is -2.20. The fourth-order valence-corrected chi connectivity index (χ4v) is 4.84. The third-order valence-electron chi connectivity index (χ3n) is 6.53. The van der Waals surface area contributed by atoms with E-state index in [2.05, 4.69) is 4.98 Å². The lowest BCUT2D eigenvalue weighted by Crippen LogP contribution is -2.27. The molecule has 0 unspecified atom stereocenters. The largest absolute Gasteiger partial charge is 0.495 e. The molecule has 2 N–H and O–H groups in total. The lowest BCUT2D eigenvalue weighted by atomic mass is 9.95. The van der Waals surface area contributed by atoms with Crippen molar-refractivity contribution in [2.75, 3.05) is 27.1 Å². The zero-order valence-corrected chi connectivity index (χ0v) is 23.3. The van der Waals surface area contributed by atoms with E-state index < -0.39 is 11.5 Å². The van der Waals surface area contributed by atoms with Gasteiger partial charge in [0.25, 0.3) is 5.56 Å². The van der Waals surface area contributed by atoms with Crippen molar-refractivity contribution < 1.29 is 23.7 Å². The number of hydrogen-bond donors (Lipinski definition) is 1. The number of anilines is 1. The number of nitrogens with zero attached hydrogens (tertiary/aromatic N) is 2. The van der Waals surface area contributed by atoms with E-state index in [1.54, 1.807) is 60.8 Å². The van der Waals surface area contributed by atoms with Gasteiger partial charge in [0.05, 0.1) is 32.4 Å². The zero-order valence-electron chi connectivity index (χ0n) is 22.5. The highest BCUT2D eigenvalue weighted by Gasteiger charge is 2.27. The molecule has 0 fully saturated rings. The molecule has 0 amide bonds. The fourth-order valence-electron chi connectivity index (χ4n) is 4.58. The topological polar surface area (TPSA) is 115 Å². The summed E-state index contributed by atoms with van der Waals surface area (Å²) in [5, 5.41) is 1.05. The van der Waals surface area contributed by atoms with Crippen molar-refractivity contribution in [2.45, 2.75) is 6.61 Å². The van der Waals surface area contributed by atoms with Crippen LogP contribution < -0.4 is 25.5 Å². The molecule has 10 heteroatoms. The fraction of sp³-hybridized carbons (Fsp3) is 0.129. The molecule has 2 aromatic heterocycles. The van der Waals surface area contributed by atoms with Crippen LogP contribution in [-0.2, 0) is 11.3 Å². The van der Waals surface area contributed by atoms with E-state index in [9.17, 15) is 9.59 Å². The standard InChI is InChI=1S/C31H26ClN3O6/c1-38-25-14-18(15-26(39-2)28(25)32)27-23-12-11-22(41-17-20-6-4-5-13-34-20)16-24(23)30(36)35(29(27)31(37)40-3)21-9-7-19(33)8-10-21/h4-16H,17,33H2,1-3H3. The van der Waals surface area contributed by atoms with Gasteiger partial charge in [-0.1, -0.05) is 17.7 Å². The minimum atomic E-state index is -0.723. The van der Waals surface area contributed by atoms with Crippen LogP contribution in [0, 0.1) is 0 Å². The van der Waals surface area contributed by atoms with Gasteiger partial charge in [-0.25, -0.2) is 4.79 Å². The Balaban J connectivity index is 1.84. The van der Waals surface area contributed by atoms with Crippen molar-refractivity contribution in [1.82, 2.24) is 9.55 Å². The number of pyridine rings is 2. The lowest BCUT2D eigenvalue weighted by molar-refractivity contribution is 0.0591. The minimum absolute atomic E-state index is 0.00311. The van der Waals surface area contributed by atoms with E-state index in [0.717, 1.165) is 5.69 Å². The van der Waals surface area contributed by atoms with Crippen molar-refractivity contribution in [2.24, 2.45) is 0 Å². The number of halogens is 1. The maximum absolute atomic E-state index is 14.2. The molecule has 5 aromatic rings. The van der Waals surface area contributed by atoms with Crippen LogP contribution in [0.2, 0.25) is 5.02 Å². The van der Waals surface area contributed by atoms with E-state index in [1.807, 2.05) is 18.2 Å². The molecular formula is C31H26ClN3O6. The van der Waals surface area contributed by atoms with Crippen molar-refractivity contribution >= 4 is 34.0 Å². The number of aromatic nitrogens is 2. The molecule has 3 aromatic carbocycles. The summed E-state index contributed by atoms with van der Waals surface area (Å²) in [6.07, 6.45) is 1.68. The summed E-state index contributed by atoms with van der Waals surface area (Å²) in [4.78, 5) is 31.9. The zero-order chi connectivity index (χ0) is 29.1. The molecule has 0 saturated carbocycles. The molecule has 0 saturated heterocycles. The van der Waals surface area contributed by atoms with Gasteiger partial charge in [-0.05, 0) is 77.7 Å². The second kappa shape index (κ2) is 11.6. The van der Waals surface area contributed by atoms with Gasteiger partial charge in [0.15, 0.2) is 0 Å². The van der Waals surface area contributed by atoms with E-state index in [1.165, 1.54) is 25.9 Å². The average molecular weight is 572 g/mol. The third kappa shape index (κ3) is 5.27. The van der Waals surface area contributed by atoms with Crippen LogP contribution in [0.3, 0.4) is 0 Å². The van der Waals surface area contributed by atoms with Crippen LogP contribution in [0.5, 0.6) is 17.2 Å². The molecule has 0 aliphatic rings. The van der Waals surface area contributed by atoms with Gasteiger partial charge >= 0.3 is 5.97 Å². The molecule has 5 rings (SSSR count). The molecule has 0 spiro atoms. The summed E-state index contributed by atoms with van der Waals surface area (Å²) in [7, 11) is 4.21. The van der Waals surface area contributed by atoms with E-state index in [-0.39, 0.29) is 17.3 Å². The Kier molecular flexibility index (Phi) is 7.80. The number of rotatable bonds is 8. The molecule has 0 atom stereocenters. The number of methoxy groups -OCH3 is 3. The number of ether oxygens (including phenoxy) is 4. The molecule has 208 valence electrons. The number of nitrogen functional groups attached to an aromatic ring is 1. The summed E-state index contributed by atoms with van der Waals surface area (Å²) in [6, 6.07) is 20.6. The summed E-state index contributed by atoms with van der Waals surface area (Å²) in [6.45, 7) is 0.206. The Morgan fingerprint density at radius 3 is 2.24 bits per heavy atom. The number of carbonyl (C=O) groups is 1. The number of carbonyl (C=O) groups excluding carboxylic acids is 1. The number of esters is 1. The quantitative estimate of drug-likeness (QED) is 0.187. The minimum Gasteiger partial charge on any atom is -0.495 e. The molecular weight excluding hydrogens is 546 g/mol. The predicted octanol–water partition coefficient (Wildman–Crippen LogP) is 5.67. The van der Waals surface area contributed by atoms with Crippen LogP contribution in [0.1, 0.15) is 16.2 Å². The molecule has 41 heavy (non-hydrogen) atoms. The summed E-state index contributed by atoms with van der Waals surface area (Å²) >= 11 is 6.46. The summed E-state index contributed by atoms with van der Waals surface area (Å²) in [5.41, 5.74) is 8.04. The van der Waals surface area contributed by atoms with Crippen LogP contribution in [0.4, 0.5) is 5.69 Å². The molecule has 9 nitrogen and oxygen atoms in total.